The van der Waals surface area contributed by atoms with Crippen molar-refractivity contribution in [1.29, 1.82) is 0 Å². The summed E-state index contributed by atoms with van der Waals surface area (Å²) in [5, 5.41) is 18.3. The van der Waals surface area contributed by atoms with Gasteiger partial charge in [-0.1, -0.05) is 11.3 Å². The number of aromatic nitrogens is 3. The van der Waals surface area contributed by atoms with E-state index in [-0.39, 0.29) is 5.69 Å². The van der Waals surface area contributed by atoms with E-state index in [1.54, 1.807) is 16.0 Å². The van der Waals surface area contributed by atoms with Crippen molar-refractivity contribution >= 4 is 17.3 Å². The Kier molecular flexibility index (Phi) is 4.86. The smallest absolute Gasteiger partial charge is 0.358 e. The third kappa shape index (κ3) is 3.88. The number of carboxylic acid groups (broad SMARTS) is 1. The lowest BCUT2D eigenvalue weighted by atomic mass is 10.3. The van der Waals surface area contributed by atoms with Crippen LogP contribution in [0.3, 0.4) is 0 Å². The standard InChI is InChI=1S/C13H18N4O2S/c1-10(2)16(8-11-4-3-7-20-11)5-6-17-9-12(13(18)19)14-15-17/h3-4,7,9-10H,5-6,8H2,1-2H3,(H,18,19). The summed E-state index contributed by atoms with van der Waals surface area (Å²) in [4.78, 5) is 14.4. The fourth-order valence-electron chi connectivity index (χ4n) is 1.86. The quantitative estimate of drug-likeness (QED) is 0.845. The molecule has 0 unspecified atom stereocenters. The molecule has 0 aliphatic rings. The van der Waals surface area contributed by atoms with Crippen LogP contribution in [0.15, 0.2) is 23.7 Å². The Morgan fingerprint density at radius 1 is 1.55 bits per heavy atom. The summed E-state index contributed by atoms with van der Waals surface area (Å²) in [5.41, 5.74) is -0.0145. The van der Waals surface area contributed by atoms with Crippen molar-refractivity contribution in [2.75, 3.05) is 6.54 Å². The van der Waals surface area contributed by atoms with E-state index in [0.29, 0.717) is 12.6 Å². The maximum Gasteiger partial charge on any atom is 0.358 e. The van der Waals surface area contributed by atoms with Gasteiger partial charge in [0, 0.05) is 24.0 Å². The molecule has 0 saturated heterocycles. The molecule has 2 aromatic heterocycles. The lowest BCUT2D eigenvalue weighted by molar-refractivity contribution is 0.0690. The van der Waals surface area contributed by atoms with Crippen LogP contribution < -0.4 is 0 Å². The highest BCUT2D eigenvalue weighted by molar-refractivity contribution is 7.09. The second-order valence-electron chi connectivity index (χ2n) is 4.82. The van der Waals surface area contributed by atoms with E-state index in [1.807, 2.05) is 0 Å². The van der Waals surface area contributed by atoms with Crippen molar-refractivity contribution in [3.05, 3.63) is 34.3 Å². The monoisotopic (exact) mass is 294 g/mol. The van der Waals surface area contributed by atoms with E-state index in [0.717, 1.165) is 13.1 Å². The van der Waals surface area contributed by atoms with Crippen molar-refractivity contribution in [3.63, 3.8) is 0 Å². The average Bonchev–Trinajstić information content (AvgIpc) is 3.05. The number of carboxylic acids is 1. The van der Waals surface area contributed by atoms with E-state index in [4.69, 9.17) is 5.11 Å². The predicted molar refractivity (Wildman–Crippen MR) is 76.8 cm³/mol. The van der Waals surface area contributed by atoms with Crippen molar-refractivity contribution in [3.8, 4) is 0 Å². The minimum atomic E-state index is -1.05. The van der Waals surface area contributed by atoms with Crippen molar-refractivity contribution < 1.29 is 9.90 Å². The molecule has 1 N–H and O–H groups in total. The van der Waals surface area contributed by atoms with Gasteiger partial charge in [0.25, 0.3) is 0 Å². The molecule has 2 aromatic rings. The molecular formula is C13H18N4O2S. The van der Waals surface area contributed by atoms with Gasteiger partial charge in [-0.15, -0.1) is 16.4 Å². The number of aromatic carboxylic acids is 1. The summed E-state index contributed by atoms with van der Waals surface area (Å²) in [6.07, 6.45) is 1.46. The first kappa shape index (κ1) is 14.7. The van der Waals surface area contributed by atoms with Gasteiger partial charge in [-0.05, 0) is 25.3 Å². The molecule has 0 spiro atoms. The topological polar surface area (TPSA) is 71.2 Å². The van der Waals surface area contributed by atoms with Crippen LogP contribution >= 0.6 is 11.3 Å². The molecule has 2 rings (SSSR count). The fraction of sp³-hybridized carbons (Fsp3) is 0.462. The predicted octanol–water partition coefficient (Wildman–Crippen LogP) is 1.95. The van der Waals surface area contributed by atoms with Crippen LogP contribution in [0.5, 0.6) is 0 Å². The first-order valence-corrected chi connectivity index (χ1v) is 7.34. The summed E-state index contributed by atoms with van der Waals surface area (Å²) >= 11 is 1.74. The zero-order chi connectivity index (χ0) is 14.5. The Morgan fingerprint density at radius 3 is 2.90 bits per heavy atom. The molecule has 0 aromatic carbocycles. The zero-order valence-electron chi connectivity index (χ0n) is 11.6. The highest BCUT2D eigenvalue weighted by Gasteiger charge is 2.12. The second-order valence-corrected chi connectivity index (χ2v) is 5.85. The third-order valence-corrected chi connectivity index (χ3v) is 3.90. The van der Waals surface area contributed by atoms with Crippen LogP contribution in [0.4, 0.5) is 0 Å². The highest BCUT2D eigenvalue weighted by Crippen LogP contribution is 2.13. The van der Waals surface area contributed by atoms with Crippen LogP contribution in [-0.2, 0) is 13.1 Å². The molecule has 0 aliphatic carbocycles. The number of hydrogen-bond acceptors (Lipinski definition) is 5. The van der Waals surface area contributed by atoms with Gasteiger partial charge in [0.1, 0.15) is 0 Å². The second kappa shape index (κ2) is 6.62. The summed E-state index contributed by atoms with van der Waals surface area (Å²) in [5.74, 6) is -1.05. The normalized spacial score (nSPS) is 11.4. The van der Waals surface area contributed by atoms with Gasteiger partial charge in [0.2, 0.25) is 0 Å². The molecule has 20 heavy (non-hydrogen) atoms. The van der Waals surface area contributed by atoms with Gasteiger partial charge in [-0.25, -0.2) is 4.79 Å². The maximum atomic E-state index is 10.7. The molecule has 108 valence electrons. The largest absolute Gasteiger partial charge is 0.476 e. The Balaban J connectivity index is 1.92. The van der Waals surface area contributed by atoms with Gasteiger partial charge in [0.15, 0.2) is 5.69 Å². The fourth-order valence-corrected chi connectivity index (χ4v) is 2.59. The highest BCUT2D eigenvalue weighted by atomic mass is 32.1. The summed E-state index contributed by atoms with van der Waals surface area (Å²) < 4.78 is 1.58. The van der Waals surface area contributed by atoms with Crippen LogP contribution in [0.2, 0.25) is 0 Å². The lowest BCUT2D eigenvalue weighted by Gasteiger charge is -2.25. The zero-order valence-corrected chi connectivity index (χ0v) is 12.4. The number of rotatable bonds is 7. The third-order valence-electron chi connectivity index (χ3n) is 3.04. The summed E-state index contributed by atoms with van der Waals surface area (Å²) in [6, 6.07) is 4.59. The SMILES string of the molecule is CC(C)N(CCn1cc(C(=O)O)nn1)Cc1cccs1. The van der Waals surface area contributed by atoms with Crippen molar-refractivity contribution in [1.82, 2.24) is 19.9 Å². The van der Waals surface area contributed by atoms with Gasteiger partial charge in [-0.2, -0.15) is 0 Å². The maximum absolute atomic E-state index is 10.7. The molecule has 0 atom stereocenters. The number of hydrogen-bond donors (Lipinski definition) is 1. The molecule has 6 nitrogen and oxygen atoms in total. The van der Waals surface area contributed by atoms with Crippen LogP contribution in [0.25, 0.3) is 0 Å². The van der Waals surface area contributed by atoms with E-state index in [1.165, 1.54) is 11.1 Å². The van der Waals surface area contributed by atoms with Gasteiger partial charge >= 0.3 is 5.97 Å². The van der Waals surface area contributed by atoms with Gasteiger partial charge in [-0.3, -0.25) is 9.58 Å². The van der Waals surface area contributed by atoms with Gasteiger partial charge < -0.3 is 5.11 Å². The Labute approximate surface area is 121 Å². The molecule has 0 amide bonds. The molecular weight excluding hydrogens is 276 g/mol. The Hall–Kier alpha value is -1.73. The van der Waals surface area contributed by atoms with E-state index < -0.39 is 5.97 Å². The minimum absolute atomic E-state index is 0.0145. The first-order valence-electron chi connectivity index (χ1n) is 6.46. The Bertz CT molecular complexity index is 550. The number of carbonyl (C=O) groups is 1. The number of nitrogens with zero attached hydrogens (tertiary/aromatic N) is 4. The van der Waals surface area contributed by atoms with Crippen molar-refractivity contribution in [2.45, 2.75) is 33.0 Å². The van der Waals surface area contributed by atoms with Gasteiger partial charge in [0.05, 0.1) is 12.7 Å². The molecule has 2 heterocycles. The van der Waals surface area contributed by atoms with Crippen LogP contribution in [0, 0.1) is 0 Å². The minimum Gasteiger partial charge on any atom is -0.476 e. The molecule has 0 bridgehead atoms. The van der Waals surface area contributed by atoms with E-state index in [2.05, 4.69) is 46.6 Å². The lowest BCUT2D eigenvalue weighted by Crippen LogP contribution is -2.33. The average molecular weight is 294 g/mol. The first-order chi connectivity index (χ1) is 9.56. The van der Waals surface area contributed by atoms with E-state index >= 15 is 0 Å². The summed E-state index contributed by atoms with van der Waals surface area (Å²) in [7, 11) is 0. The molecule has 0 aliphatic heterocycles. The van der Waals surface area contributed by atoms with Crippen LogP contribution in [0.1, 0.15) is 29.2 Å². The molecule has 0 radical (unpaired) electrons. The molecule has 0 saturated carbocycles. The molecule has 7 heteroatoms. The van der Waals surface area contributed by atoms with Crippen molar-refractivity contribution in [2.24, 2.45) is 0 Å². The number of thiophene rings is 1. The Morgan fingerprint density at radius 2 is 2.35 bits per heavy atom. The summed E-state index contributed by atoms with van der Waals surface area (Å²) in [6.45, 7) is 6.63. The van der Waals surface area contributed by atoms with Crippen LogP contribution in [-0.4, -0.2) is 43.6 Å². The molecule has 0 fully saturated rings. The van der Waals surface area contributed by atoms with E-state index in [9.17, 15) is 4.79 Å².